The summed E-state index contributed by atoms with van der Waals surface area (Å²) in [5.41, 5.74) is 2.54. The molecule has 130 valence electrons. The molecule has 0 fully saturated rings. The summed E-state index contributed by atoms with van der Waals surface area (Å²) in [4.78, 5) is 23.8. The monoisotopic (exact) mass is 347 g/mol. The molecule has 0 spiro atoms. The Bertz CT molecular complexity index is 899. The molecule has 0 unspecified atom stereocenters. The van der Waals surface area contributed by atoms with Gasteiger partial charge in [-0.15, -0.1) is 0 Å². The Morgan fingerprint density at radius 1 is 0.962 bits per heavy atom. The van der Waals surface area contributed by atoms with E-state index in [0.29, 0.717) is 11.4 Å². The van der Waals surface area contributed by atoms with Gasteiger partial charge in [0.15, 0.2) is 6.61 Å². The van der Waals surface area contributed by atoms with E-state index in [-0.39, 0.29) is 6.61 Å². The van der Waals surface area contributed by atoms with Crippen LogP contribution in [0.5, 0.6) is 0 Å². The van der Waals surface area contributed by atoms with Crippen LogP contribution in [-0.2, 0) is 14.3 Å². The molecule has 1 amide bonds. The molecule has 0 aliphatic carbocycles. The summed E-state index contributed by atoms with van der Waals surface area (Å²) in [7, 11) is 0. The molecule has 0 saturated carbocycles. The van der Waals surface area contributed by atoms with Crippen molar-refractivity contribution < 1.29 is 18.7 Å². The second-order valence-corrected chi connectivity index (χ2v) is 5.42. The fourth-order valence-corrected chi connectivity index (χ4v) is 2.37. The molecule has 0 aliphatic heterocycles. The van der Waals surface area contributed by atoms with Gasteiger partial charge < -0.3 is 14.5 Å². The minimum absolute atomic E-state index is 0.371. The highest BCUT2D eigenvalue weighted by Gasteiger charge is 2.09. The van der Waals surface area contributed by atoms with E-state index in [1.165, 1.54) is 18.4 Å². The lowest BCUT2D eigenvalue weighted by molar-refractivity contribution is -0.142. The van der Waals surface area contributed by atoms with Crippen LogP contribution in [0, 0.1) is 0 Å². The van der Waals surface area contributed by atoms with E-state index < -0.39 is 11.9 Å². The largest absolute Gasteiger partial charge is 0.465 e. The van der Waals surface area contributed by atoms with Crippen LogP contribution in [0.1, 0.15) is 5.76 Å². The number of esters is 1. The molecule has 0 radical (unpaired) electrons. The number of ether oxygens (including phenoxy) is 1. The molecule has 26 heavy (non-hydrogen) atoms. The first kappa shape index (κ1) is 17.2. The van der Waals surface area contributed by atoms with Gasteiger partial charge in [0.1, 0.15) is 5.76 Å². The summed E-state index contributed by atoms with van der Waals surface area (Å²) < 4.78 is 10.0. The molecule has 0 saturated heterocycles. The standard InChI is InChI=1S/C21H17NO4/c23-20(15-26-21(24)13-12-17-9-6-14-25-17)22-19-11-5-4-10-18(19)16-7-2-1-3-8-16/h1-14H,15H2,(H,22,23). The average molecular weight is 347 g/mol. The second kappa shape index (κ2) is 8.48. The molecule has 5 nitrogen and oxygen atoms in total. The zero-order chi connectivity index (χ0) is 18.2. The molecule has 2 aromatic carbocycles. The summed E-state index contributed by atoms with van der Waals surface area (Å²) in [6, 6.07) is 20.6. The minimum atomic E-state index is -0.618. The maximum absolute atomic E-state index is 12.1. The first-order chi connectivity index (χ1) is 12.7. The van der Waals surface area contributed by atoms with Crippen molar-refractivity contribution in [2.45, 2.75) is 0 Å². The maximum Gasteiger partial charge on any atom is 0.331 e. The summed E-state index contributed by atoms with van der Waals surface area (Å²) in [5.74, 6) is -0.496. The first-order valence-electron chi connectivity index (χ1n) is 8.05. The Labute approximate surface area is 150 Å². The van der Waals surface area contributed by atoms with E-state index in [1.807, 2.05) is 48.5 Å². The lowest BCUT2D eigenvalue weighted by atomic mass is 10.0. The number of amides is 1. The van der Waals surface area contributed by atoms with Gasteiger partial charge in [-0.05, 0) is 29.8 Å². The van der Waals surface area contributed by atoms with E-state index in [9.17, 15) is 9.59 Å². The number of hydrogen-bond acceptors (Lipinski definition) is 4. The fraction of sp³-hybridized carbons (Fsp3) is 0.0476. The van der Waals surface area contributed by atoms with E-state index in [1.54, 1.807) is 18.2 Å². The number of anilines is 1. The number of benzene rings is 2. The Kier molecular flexibility index (Phi) is 5.62. The highest BCUT2D eigenvalue weighted by molar-refractivity contribution is 5.97. The molecule has 1 N–H and O–H groups in total. The quantitative estimate of drug-likeness (QED) is 0.537. The van der Waals surface area contributed by atoms with Crippen LogP contribution in [0.4, 0.5) is 5.69 Å². The van der Waals surface area contributed by atoms with Gasteiger partial charge in [-0.2, -0.15) is 0 Å². The van der Waals surface area contributed by atoms with Crippen molar-refractivity contribution >= 4 is 23.6 Å². The molecule has 3 rings (SSSR count). The SMILES string of the molecule is O=C(COC(=O)C=Cc1ccco1)Nc1ccccc1-c1ccccc1. The summed E-state index contributed by atoms with van der Waals surface area (Å²) >= 11 is 0. The summed E-state index contributed by atoms with van der Waals surface area (Å²) in [6.45, 7) is -0.371. The third kappa shape index (κ3) is 4.70. The number of para-hydroxylation sites is 1. The topological polar surface area (TPSA) is 68.5 Å². The van der Waals surface area contributed by atoms with Crippen LogP contribution in [0.2, 0.25) is 0 Å². The normalized spacial score (nSPS) is 10.6. The van der Waals surface area contributed by atoms with E-state index in [0.717, 1.165) is 11.1 Å². The van der Waals surface area contributed by atoms with Crippen LogP contribution in [0.3, 0.4) is 0 Å². The van der Waals surface area contributed by atoms with Crippen molar-refractivity contribution in [2.75, 3.05) is 11.9 Å². The Morgan fingerprint density at radius 3 is 2.50 bits per heavy atom. The fourth-order valence-electron chi connectivity index (χ4n) is 2.37. The second-order valence-electron chi connectivity index (χ2n) is 5.42. The van der Waals surface area contributed by atoms with E-state index in [4.69, 9.17) is 9.15 Å². The Morgan fingerprint density at radius 2 is 1.73 bits per heavy atom. The van der Waals surface area contributed by atoms with Gasteiger partial charge in [-0.3, -0.25) is 4.79 Å². The summed E-state index contributed by atoms with van der Waals surface area (Å²) in [5, 5.41) is 2.78. The Hall–Kier alpha value is -3.60. The first-order valence-corrected chi connectivity index (χ1v) is 8.05. The van der Waals surface area contributed by atoms with Gasteiger partial charge in [0.25, 0.3) is 5.91 Å². The van der Waals surface area contributed by atoms with Crippen molar-refractivity contribution in [3.8, 4) is 11.1 Å². The smallest absolute Gasteiger partial charge is 0.331 e. The van der Waals surface area contributed by atoms with Gasteiger partial charge >= 0.3 is 5.97 Å². The zero-order valence-corrected chi connectivity index (χ0v) is 13.9. The average Bonchev–Trinajstić information content (AvgIpc) is 3.19. The van der Waals surface area contributed by atoms with E-state index >= 15 is 0 Å². The van der Waals surface area contributed by atoms with Crippen LogP contribution >= 0.6 is 0 Å². The molecule has 5 heteroatoms. The highest BCUT2D eigenvalue weighted by atomic mass is 16.5. The number of nitrogens with one attached hydrogen (secondary N) is 1. The van der Waals surface area contributed by atoms with Crippen molar-refractivity contribution in [3.05, 3.63) is 84.8 Å². The molecular weight excluding hydrogens is 330 g/mol. The third-order valence-corrected chi connectivity index (χ3v) is 3.56. The van der Waals surface area contributed by atoms with Gasteiger partial charge in [-0.1, -0.05) is 48.5 Å². The molecule has 1 aromatic heterocycles. The van der Waals surface area contributed by atoms with Gasteiger partial charge in [0.2, 0.25) is 0 Å². The number of carbonyl (C=O) groups excluding carboxylic acids is 2. The Balaban J connectivity index is 1.58. The third-order valence-electron chi connectivity index (χ3n) is 3.56. The molecule has 0 atom stereocenters. The predicted molar refractivity (Wildman–Crippen MR) is 99.2 cm³/mol. The molecule has 0 aliphatic rings. The van der Waals surface area contributed by atoms with Crippen molar-refractivity contribution in [3.63, 3.8) is 0 Å². The van der Waals surface area contributed by atoms with Crippen LogP contribution in [0.25, 0.3) is 17.2 Å². The lowest BCUT2D eigenvalue weighted by Gasteiger charge is -2.11. The molecule has 3 aromatic rings. The number of hydrogen-bond donors (Lipinski definition) is 1. The molecule has 1 heterocycles. The van der Waals surface area contributed by atoms with Gasteiger partial charge in [0, 0.05) is 17.3 Å². The van der Waals surface area contributed by atoms with E-state index in [2.05, 4.69) is 5.32 Å². The summed E-state index contributed by atoms with van der Waals surface area (Å²) in [6.07, 6.45) is 4.19. The van der Waals surface area contributed by atoms with Crippen LogP contribution in [-0.4, -0.2) is 18.5 Å². The van der Waals surface area contributed by atoms with Crippen molar-refractivity contribution in [1.82, 2.24) is 0 Å². The van der Waals surface area contributed by atoms with Crippen molar-refractivity contribution in [2.24, 2.45) is 0 Å². The predicted octanol–water partition coefficient (Wildman–Crippen LogP) is 4.14. The number of carbonyl (C=O) groups is 2. The highest BCUT2D eigenvalue weighted by Crippen LogP contribution is 2.27. The van der Waals surface area contributed by atoms with Crippen LogP contribution < -0.4 is 5.32 Å². The number of rotatable bonds is 6. The maximum atomic E-state index is 12.1. The van der Waals surface area contributed by atoms with Gasteiger partial charge in [0.05, 0.1) is 6.26 Å². The minimum Gasteiger partial charge on any atom is -0.465 e. The molecule has 0 bridgehead atoms. The lowest BCUT2D eigenvalue weighted by Crippen LogP contribution is -2.20. The number of furan rings is 1. The van der Waals surface area contributed by atoms with Gasteiger partial charge in [-0.25, -0.2) is 4.79 Å². The zero-order valence-electron chi connectivity index (χ0n) is 13.9. The molecular formula is C21H17NO4. The van der Waals surface area contributed by atoms with Crippen LogP contribution in [0.15, 0.2) is 83.5 Å². The van der Waals surface area contributed by atoms with Crippen molar-refractivity contribution in [1.29, 1.82) is 0 Å².